The number of imide groups is 1. The van der Waals surface area contributed by atoms with E-state index in [0.29, 0.717) is 16.0 Å². The molecule has 4 aromatic rings. The van der Waals surface area contributed by atoms with Crippen molar-refractivity contribution in [2.45, 2.75) is 28.8 Å². The number of carbonyl (C=O) groups excluding carboxylic acids is 2. The predicted octanol–water partition coefficient (Wildman–Crippen LogP) is 3.66. The molecule has 1 aliphatic rings. The molecule has 1 fully saturated rings. The fourth-order valence-electron chi connectivity index (χ4n) is 4.52. The molecule has 0 aromatic heterocycles. The zero-order chi connectivity index (χ0) is 27.9. The van der Waals surface area contributed by atoms with Crippen LogP contribution in [0.4, 0.5) is 5.69 Å². The number of primary sulfonamides is 1. The fraction of sp³-hybridized carbons (Fsp3) is 0.111. The summed E-state index contributed by atoms with van der Waals surface area (Å²) in [5, 5.41) is 6.99. The molecule has 0 spiro atoms. The van der Waals surface area contributed by atoms with Crippen LogP contribution in [0.5, 0.6) is 0 Å². The Bertz CT molecular complexity index is 1830. The highest BCUT2D eigenvalue weighted by molar-refractivity contribution is 7.89. The number of halogens is 1. The average Bonchev–Trinajstić information content (AvgIpc) is 3.20. The van der Waals surface area contributed by atoms with E-state index >= 15 is 0 Å². The number of amides is 2. The molecule has 1 aliphatic heterocycles. The van der Waals surface area contributed by atoms with Crippen molar-refractivity contribution in [1.29, 1.82) is 0 Å². The lowest BCUT2D eigenvalue weighted by Crippen LogP contribution is -2.45. The normalized spacial score (nSPS) is 16.4. The molecule has 4 aromatic carbocycles. The van der Waals surface area contributed by atoms with Crippen molar-refractivity contribution in [3.05, 3.63) is 102 Å². The lowest BCUT2D eigenvalue weighted by atomic mass is 10.1. The second-order valence-corrected chi connectivity index (χ2v) is 12.8. The molecule has 200 valence electrons. The molecule has 39 heavy (non-hydrogen) atoms. The SMILES string of the molecule is NS(=O)(=O)c1ccc(N2C(=O)CC(N(Cc3ccccc3Cl)S(=O)(=O)c3ccc4ccccc4c3)C2=O)cc1. The summed E-state index contributed by atoms with van der Waals surface area (Å²) >= 11 is 6.35. The minimum Gasteiger partial charge on any atom is -0.274 e. The summed E-state index contributed by atoms with van der Waals surface area (Å²) in [6.45, 7) is -0.253. The van der Waals surface area contributed by atoms with Crippen LogP contribution in [0.15, 0.2) is 101 Å². The summed E-state index contributed by atoms with van der Waals surface area (Å²) < 4.78 is 52.3. The standard InChI is InChI=1S/C27H22ClN3O6S2/c28-24-8-4-3-7-20(24)17-30(39(36,37)23-12-9-18-5-1-2-6-19(18)15-23)25-16-26(32)31(27(25)33)21-10-13-22(14-11-21)38(29,34)35/h1-15,25H,16-17H2,(H2,29,34,35). The van der Waals surface area contributed by atoms with Crippen molar-refractivity contribution < 1.29 is 26.4 Å². The second kappa shape index (κ2) is 10.2. The largest absolute Gasteiger partial charge is 0.274 e. The van der Waals surface area contributed by atoms with Crippen molar-refractivity contribution in [2.24, 2.45) is 5.14 Å². The zero-order valence-electron chi connectivity index (χ0n) is 20.3. The first-order valence-corrected chi connectivity index (χ1v) is 15.1. The molecular weight excluding hydrogens is 562 g/mol. The van der Waals surface area contributed by atoms with E-state index in [1.807, 2.05) is 12.1 Å². The van der Waals surface area contributed by atoms with Gasteiger partial charge >= 0.3 is 0 Å². The lowest BCUT2D eigenvalue weighted by Gasteiger charge is -2.27. The summed E-state index contributed by atoms with van der Waals surface area (Å²) in [5.41, 5.74) is 0.556. The van der Waals surface area contributed by atoms with E-state index in [4.69, 9.17) is 16.7 Å². The van der Waals surface area contributed by atoms with Crippen LogP contribution in [0, 0.1) is 0 Å². The van der Waals surface area contributed by atoms with Crippen molar-refractivity contribution in [1.82, 2.24) is 4.31 Å². The molecule has 0 bridgehead atoms. The highest BCUT2D eigenvalue weighted by atomic mass is 35.5. The third-order valence-corrected chi connectivity index (χ3v) is 9.65. The molecule has 1 heterocycles. The molecule has 1 unspecified atom stereocenters. The predicted molar refractivity (Wildman–Crippen MR) is 147 cm³/mol. The minimum absolute atomic E-state index is 0.0375. The average molecular weight is 584 g/mol. The van der Waals surface area contributed by atoms with Gasteiger partial charge in [0.15, 0.2) is 0 Å². The minimum atomic E-state index is -4.30. The topological polar surface area (TPSA) is 135 Å². The molecular formula is C27H22ClN3O6S2. The Morgan fingerprint density at radius 1 is 0.821 bits per heavy atom. The Kier molecular flexibility index (Phi) is 7.04. The summed E-state index contributed by atoms with van der Waals surface area (Å²) in [4.78, 5) is 27.3. The van der Waals surface area contributed by atoms with Gasteiger partial charge in [0, 0.05) is 11.6 Å². The summed E-state index contributed by atoms with van der Waals surface area (Å²) in [6.07, 6.45) is -0.410. The molecule has 2 amide bonds. The Balaban J connectivity index is 1.57. The number of sulfonamides is 2. The van der Waals surface area contributed by atoms with Crippen molar-refractivity contribution in [3.63, 3.8) is 0 Å². The Morgan fingerprint density at radius 3 is 2.10 bits per heavy atom. The molecule has 1 saturated heterocycles. The van der Waals surface area contributed by atoms with E-state index in [0.717, 1.165) is 14.6 Å². The van der Waals surface area contributed by atoms with Crippen LogP contribution in [-0.4, -0.2) is 39.0 Å². The third kappa shape index (κ3) is 5.19. The summed E-state index contributed by atoms with van der Waals surface area (Å²) in [7, 11) is -8.29. The quantitative estimate of drug-likeness (QED) is 0.330. The number of hydrogen-bond acceptors (Lipinski definition) is 6. The highest BCUT2D eigenvalue weighted by Crippen LogP contribution is 2.33. The van der Waals surface area contributed by atoms with Crippen LogP contribution in [0.3, 0.4) is 0 Å². The number of anilines is 1. The molecule has 12 heteroatoms. The van der Waals surface area contributed by atoms with Crippen LogP contribution < -0.4 is 10.0 Å². The smallest absolute Gasteiger partial charge is 0.252 e. The molecule has 0 aliphatic carbocycles. The fourth-order valence-corrected chi connectivity index (χ4v) is 6.82. The van der Waals surface area contributed by atoms with E-state index in [-0.39, 0.29) is 22.0 Å². The maximum Gasteiger partial charge on any atom is 0.252 e. The van der Waals surface area contributed by atoms with E-state index in [2.05, 4.69) is 0 Å². The second-order valence-electron chi connectivity index (χ2n) is 8.98. The number of nitrogens with two attached hydrogens (primary N) is 1. The van der Waals surface area contributed by atoms with Gasteiger partial charge in [-0.2, -0.15) is 4.31 Å². The number of benzene rings is 4. The van der Waals surface area contributed by atoms with Crippen LogP contribution >= 0.6 is 11.6 Å². The van der Waals surface area contributed by atoms with Gasteiger partial charge in [-0.05, 0) is 58.8 Å². The Labute approximate surface area is 230 Å². The van der Waals surface area contributed by atoms with E-state index < -0.39 is 44.3 Å². The van der Waals surface area contributed by atoms with Gasteiger partial charge in [-0.1, -0.05) is 60.1 Å². The third-order valence-electron chi connectivity index (χ3n) is 6.51. The number of hydrogen-bond donors (Lipinski definition) is 1. The molecule has 1 atom stereocenters. The molecule has 0 saturated carbocycles. The first-order chi connectivity index (χ1) is 18.5. The van der Waals surface area contributed by atoms with Gasteiger partial charge in [0.05, 0.1) is 21.9 Å². The summed E-state index contributed by atoms with van der Waals surface area (Å²) in [5.74, 6) is -1.40. The van der Waals surface area contributed by atoms with Crippen molar-refractivity contribution in [2.75, 3.05) is 4.90 Å². The van der Waals surface area contributed by atoms with Gasteiger partial charge in [0.25, 0.3) is 5.91 Å². The lowest BCUT2D eigenvalue weighted by molar-refractivity contribution is -0.122. The first-order valence-electron chi connectivity index (χ1n) is 11.7. The van der Waals surface area contributed by atoms with Crippen LogP contribution in [-0.2, 0) is 36.2 Å². The molecule has 9 nitrogen and oxygen atoms in total. The molecule has 0 radical (unpaired) electrons. The van der Waals surface area contributed by atoms with E-state index in [9.17, 15) is 26.4 Å². The number of fused-ring (bicyclic) bond motifs is 1. The van der Waals surface area contributed by atoms with Gasteiger partial charge in [-0.15, -0.1) is 0 Å². The van der Waals surface area contributed by atoms with E-state index in [1.54, 1.807) is 42.5 Å². The van der Waals surface area contributed by atoms with Crippen LogP contribution in [0.1, 0.15) is 12.0 Å². The maximum absolute atomic E-state index is 14.0. The highest BCUT2D eigenvalue weighted by Gasteiger charge is 2.47. The van der Waals surface area contributed by atoms with Gasteiger partial charge < -0.3 is 0 Å². The Morgan fingerprint density at radius 2 is 1.44 bits per heavy atom. The van der Waals surface area contributed by atoms with Gasteiger partial charge in [-0.25, -0.2) is 26.9 Å². The maximum atomic E-state index is 14.0. The van der Waals surface area contributed by atoms with Crippen LogP contribution in [0.2, 0.25) is 5.02 Å². The van der Waals surface area contributed by atoms with Gasteiger partial charge in [0.2, 0.25) is 26.0 Å². The van der Waals surface area contributed by atoms with E-state index in [1.165, 1.54) is 36.4 Å². The van der Waals surface area contributed by atoms with Crippen molar-refractivity contribution in [3.8, 4) is 0 Å². The number of carbonyl (C=O) groups is 2. The number of nitrogens with zero attached hydrogens (tertiary/aromatic N) is 2. The number of rotatable bonds is 7. The monoisotopic (exact) mass is 583 g/mol. The van der Waals surface area contributed by atoms with Crippen molar-refractivity contribution >= 4 is 59.9 Å². The first kappa shape index (κ1) is 27.0. The zero-order valence-corrected chi connectivity index (χ0v) is 22.7. The molecule has 2 N–H and O–H groups in total. The van der Waals surface area contributed by atoms with Gasteiger partial charge in [0.1, 0.15) is 6.04 Å². The molecule has 5 rings (SSSR count). The Hall–Kier alpha value is -3.61. The van der Waals surface area contributed by atoms with Gasteiger partial charge in [-0.3, -0.25) is 9.59 Å². The summed E-state index contributed by atoms with van der Waals surface area (Å²) in [6, 6.07) is 22.1. The van der Waals surface area contributed by atoms with Crippen LogP contribution in [0.25, 0.3) is 10.8 Å².